The van der Waals surface area contributed by atoms with E-state index in [1.165, 1.54) is 4.31 Å². The van der Waals surface area contributed by atoms with Gasteiger partial charge in [0.1, 0.15) is 6.04 Å². The van der Waals surface area contributed by atoms with Gasteiger partial charge in [-0.15, -0.1) is 0 Å². The van der Waals surface area contributed by atoms with Gasteiger partial charge in [-0.3, -0.25) is 9.59 Å². The first-order valence-corrected chi connectivity index (χ1v) is 10.3. The summed E-state index contributed by atoms with van der Waals surface area (Å²) in [7, 11) is -3.39. The maximum absolute atomic E-state index is 12.5. The van der Waals surface area contributed by atoms with Crippen LogP contribution in [0, 0.1) is 6.92 Å². The highest BCUT2D eigenvalue weighted by Gasteiger charge is 2.36. The quantitative estimate of drug-likeness (QED) is 0.876. The van der Waals surface area contributed by atoms with Crippen molar-refractivity contribution in [2.75, 3.05) is 29.6 Å². The molecule has 7 nitrogen and oxygen atoms in total. The molecule has 25 heavy (non-hydrogen) atoms. The molecule has 1 aromatic carbocycles. The fourth-order valence-corrected chi connectivity index (χ4v) is 4.69. The zero-order valence-corrected chi connectivity index (χ0v) is 15.3. The lowest BCUT2D eigenvalue weighted by atomic mass is 10.1. The second-order valence-corrected chi connectivity index (χ2v) is 8.61. The SMILES string of the molecule is Cc1cc(NC(=O)C2CCCN2S(C)(=O)=O)ccc1N1CCCC1=O. The normalized spacial score (nSPS) is 21.8. The van der Waals surface area contributed by atoms with Crippen LogP contribution in [0.25, 0.3) is 0 Å². The summed E-state index contributed by atoms with van der Waals surface area (Å²) in [5, 5.41) is 2.81. The first-order chi connectivity index (χ1) is 11.8. The van der Waals surface area contributed by atoms with Crippen LogP contribution in [-0.2, 0) is 19.6 Å². The van der Waals surface area contributed by atoms with Gasteiger partial charge in [-0.1, -0.05) is 0 Å². The number of aryl methyl sites for hydroxylation is 1. The molecule has 1 unspecified atom stereocenters. The molecule has 1 aromatic rings. The fourth-order valence-electron chi connectivity index (χ4n) is 3.56. The van der Waals surface area contributed by atoms with Crippen LogP contribution in [0.4, 0.5) is 11.4 Å². The van der Waals surface area contributed by atoms with E-state index in [4.69, 9.17) is 0 Å². The number of rotatable bonds is 4. The Morgan fingerprint density at radius 3 is 2.60 bits per heavy atom. The van der Waals surface area contributed by atoms with Crippen LogP contribution in [0.1, 0.15) is 31.2 Å². The fraction of sp³-hybridized carbons (Fsp3) is 0.529. The Balaban J connectivity index is 1.74. The summed E-state index contributed by atoms with van der Waals surface area (Å²) in [6.07, 6.45) is 3.77. The van der Waals surface area contributed by atoms with Crippen LogP contribution >= 0.6 is 0 Å². The molecule has 0 saturated carbocycles. The Morgan fingerprint density at radius 1 is 1.24 bits per heavy atom. The lowest BCUT2D eigenvalue weighted by Crippen LogP contribution is -2.42. The Hall–Kier alpha value is -1.93. The molecule has 2 saturated heterocycles. The molecule has 0 aliphatic carbocycles. The smallest absolute Gasteiger partial charge is 0.242 e. The molecule has 2 amide bonds. The van der Waals surface area contributed by atoms with Crippen molar-refractivity contribution in [2.24, 2.45) is 0 Å². The highest BCUT2D eigenvalue weighted by atomic mass is 32.2. The van der Waals surface area contributed by atoms with Crippen LogP contribution in [0.3, 0.4) is 0 Å². The average Bonchev–Trinajstić information content (AvgIpc) is 3.16. The highest BCUT2D eigenvalue weighted by Crippen LogP contribution is 2.28. The number of sulfonamides is 1. The standard InChI is InChI=1S/C17H23N3O4S/c1-12-11-13(7-8-14(12)19-9-4-6-16(19)21)18-17(22)15-5-3-10-20(15)25(2,23)24/h7-8,11,15H,3-6,9-10H2,1-2H3,(H,18,22). The van der Waals surface area contributed by atoms with E-state index in [1.807, 2.05) is 19.1 Å². The van der Waals surface area contributed by atoms with Crippen molar-refractivity contribution in [3.05, 3.63) is 23.8 Å². The molecule has 3 rings (SSSR count). The topological polar surface area (TPSA) is 86.8 Å². The minimum absolute atomic E-state index is 0.120. The van der Waals surface area contributed by atoms with Gasteiger partial charge in [-0.25, -0.2) is 8.42 Å². The lowest BCUT2D eigenvalue weighted by Gasteiger charge is -2.22. The number of benzene rings is 1. The van der Waals surface area contributed by atoms with Crippen molar-refractivity contribution < 1.29 is 18.0 Å². The maximum atomic E-state index is 12.5. The Kier molecular flexibility index (Phi) is 4.83. The van der Waals surface area contributed by atoms with E-state index in [9.17, 15) is 18.0 Å². The second-order valence-electron chi connectivity index (χ2n) is 6.67. The van der Waals surface area contributed by atoms with Gasteiger partial charge in [0.05, 0.1) is 6.26 Å². The van der Waals surface area contributed by atoms with Gasteiger partial charge in [0.2, 0.25) is 21.8 Å². The number of carbonyl (C=O) groups excluding carboxylic acids is 2. The molecule has 0 aromatic heterocycles. The summed E-state index contributed by atoms with van der Waals surface area (Å²) in [6.45, 7) is 3.00. The summed E-state index contributed by atoms with van der Waals surface area (Å²) in [4.78, 5) is 26.1. The van der Waals surface area contributed by atoms with Crippen LogP contribution in [0.2, 0.25) is 0 Å². The molecular formula is C17H23N3O4S. The summed E-state index contributed by atoms with van der Waals surface area (Å²) in [6, 6.07) is 4.75. The van der Waals surface area contributed by atoms with Crippen molar-refractivity contribution in [2.45, 2.75) is 38.6 Å². The molecule has 0 bridgehead atoms. The van der Waals surface area contributed by atoms with Crippen molar-refractivity contribution in [3.63, 3.8) is 0 Å². The van der Waals surface area contributed by atoms with E-state index >= 15 is 0 Å². The highest BCUT2D eigenvalue weighted by molar-refractivity contribution is 7.88. The molecule has 2 heterocycles. The van der Waals surface area contributed by atoms with Gasteiger partial charge in [0.15, 0.2) is 0 Å². The van der Waals surface area contributed by atoms with E-state index in [-0.39, 0.29) is 11.8 Å². The minimum Gasteiger partial charge on any atom is -0.325 e. The van der Waals surface area contributed by atoms with E-state index in [0.717, 1.165) is 30.5 Å². The van der Waals surface area contributed by atoms with Gasteiger partial charge in [-0.05, 0) is 49.9 Å². The van der Waals surface area contributed by atoms with E-state index < -0.39 is 16.1 Å². The molecule has 0 spiro atoms. The molecule has 1 atom stereocenters. The van der Waals surface area contributed by atoms with Crippen LogP contribution in [-0.4, -0.2) is 49.9 Å². The number of hydrogen-bond donors (Lipinski definition) is 1. The van der Waals surface area contributed by atoms with Crippen molar-refractivity contribution in [1.29, 1.82) is 0 Å². The van der Waals surface area contributed by atoms with E-state index in [1.54, 1.807) is 11.0 Å². The third-order valence-electron chi connectivity index (χ3n) is 4.76. The number of nitrogens with zero attached hydrogens (tertiary/aromatic N) is 2. The number of nitrogens with one attached hydrogen (secondary N) is 1. The lowest BCUT2D eigenvalue weighted by molar-refractivity contribution is -0.119. The third-order valence-corrected chi connectivity index (χ3v) is 6.05. The molecule has 0 radical (unpaired) electrons. The molecule has 2 aliphatic heterocycles. The monoisotopic (exact) mass is 365 g/mol. The number of hydrogen-bond acceptors (Lipinski definition) is 4. The van der Waals surface area contributed by atoms with Crippen LogP contribution in [0.15, 0.2) is 18.2 Å². The summed E-state index contributed by atoms with van der Waals surface area (Å²) in [5.74, 6) is -0.193. The second kappa shape index (κ2) is 6.76. The largest absolute Gasteiger partial charge is 0.325 e. The Labute approximate surface area is 148 Å². The summed E-state index contributed by atoms with van der Waals surface area (Å²) in [5.41, 5.74) is 2.37. The predicted octanol–water partition coefficient (Wildman–Crippen LogP) is 1.48. The average molecular weight is 365 g/mol. The maximum Gasteiger partial charge on any atom is 0.242 e. The van der Waals surface area contributed by atoms with Gasteiger partial charge in [0.25, 0.3) is 0 Å². The molecule has 1 N–H and O–H groups in total. The van der Waals surface area contributed by atoms with Crippen LogP contribution < -0.4 is 10.2 Å². The van der Waals surface area contributed by atoms with E-state index in [2.05, 4.69) is 5.32 Å². The van der Waals surface area contributed by atoms with E-state index in [0.29, 0.717) is 31.5 Å². The molecule has 2 aliphatic rings. The molecule has 8 heteroatoms. The Morgan fingerprint density at radius 2 is 2.00 bits per heavy atom. The van der Waals surface area contributed by atoms with Crippen LogP contribution in [0.5, 0.6) is 0 Å². The molecule has 2 fully saturated rings. The molecular weight excluding hydrogens is 342 g/mol. The Bertz CT molecular complexity index is 806. The summed E-state index contributed by atoms with van der Waals surface area (Å²) >= 11 is 0. The minimum atomic E-state index is -3.39. The first kappa shape index (κ1) is 17.9. The zero-order valence-electron chi connectivity index (χ0n) is 14.5. The third kappa shape index (κ3) is 3.69. The van der Waals surface area contributed by atoms with Gasteiger partial charge < -0.3 is 10.2 Å². The van der Waals surface area contributed by atoms with Crippen molar-refractivity contribution in [1.82, 2.24) is 4.31 Å². The predicted molar refractivity (Wildman–Crippen MR) is 96.0 cm³/mol. The number of amides is 2. The summed E-state index contributed by atoms with van der Waals surface area (Å²) < 4.78 is 24.8. The van der Waals surface area contributed by atoms with Crippen molar-refractivity contribution >= 4 is 33.2 Å². The van der Waals surface area contributed by atoms with Gasteiger partial charge in [-0.2, -0.15) is 4.31 Å². The molecule has 136 valence electrons. The van der Waals surface area contributed by atoms with Crippen molar-refractivity contribution in [3.8, 4) is 0 Å². The van der Waals surface area contributed by atoms with Gasteiger partial charge >= 0.3 is 0 Å². The number of anilines is 2. The van der Waals surface area contributed by atoms with Gasteiger partial charge in [0, 0.05) is 30.9 Å². The zero-order chi connectivity index (χ0) is 18.2. The first-order valence-electron chi connectivity index (χ1n) is 8.46. The number of carbonyl (C=O) groups is 2.